The lowest BCUT2D eigenvalue weighted by atomic mass is 10.1. The fourth-order valence-corrected chi connectivity index (χ4v) is 3.29. The van der Waals surface area contributed by atoms with E-state index in [1.165, 1.54) is 6.21 Å². The molecule has 3 aromatic carbocycles. The minimum Gasteiger partial charge on any atom is -0.504 e. The van der Waals surface area contributed by atoms with Crippen molar-refractivity contribution in [2.24, 2.45) is 5.10 Å². The quantitative estimate of drug-likeness (QED) is 0.238. The normalized spacial score (nSPS) is 11.3. The van der Waals surface area contributed by atoms with Gasteiger partial charge < -0.3 is 15.2 Å². The van der Waals surface area contributed by atoms with Crippen molar-refractivity contribution in [3.8, 4) is 11.5 Å². The Morgan fingerprint density at radius 3 is 2.39 bits per heavy atom. The first-order chi connectivity index (χ1) is 16.0. The van der Waals surface area contributed by atoms with Crippen LogP contribution in [0, 0.1) is 0 Å². The number of hydrogen-bond acceptors (Lipinski definition) is 5. The van der Waals surface area contributed by atoms with E-state index in [1.807, 2.05) is 18.2 Å². The van der Waals surface area contributed by atoms with E-state index in [9.17, 15) is 14.7 Å². The number of hydrazone groups is 1. The molecule has 3 N–H and O–H groups in total. The van der Waals surface area contributed by atoms with Crippen molar-refractivity contribution in [2.45, 2.75) is 6.92 Å². The minimum atomic E-state index is -0.626. The second-order valence-corrected chi connectivity index (χ2v) is 7.68. The number of amides is 2. The maximum Gasteiger partial charge on any atom is 0.287 e. The van der Waals surface area contributed by atoms with Crippen LogP contribution in [0.4, 0.5) is 0 Å². The number of nitrogens with zero attached hydrogens (tertiary/aromatic N) is 1. The molecule has 0 radical (unpaired) electrons. The number of carbonyl (C=O) groups is 2. The Bertz CT molecular complexity index is 1180. The van der Waals surface area contributed by atoms with E-state index < -0.39 is 11.8 Å². The fraction of sp³-hybridized carbons (Fsp3) is 0.0800. The van der Waals surface area contributed by atoms with E-state index in [-0.39, 0.29) is 11.4 Å². The summed E-state index contributed by atoms with van der Waals surface area (Å²) < 4.78 is 6.07. The van der Waals surface area contributed by atoms with E-state index >= 15 is 0 Å². The zero-order valence-electron chi connectivity index (χ0n) is 17.8. The van der Waals surface area contributed by atoms with Gasteiger partial charge >= 0.3 is 0 Å². The van der Waals surface area contributed by atoms with E-state index in [0.717, 1.165) is 5.56 Å². The predicted octanol–water partition coefficient (Wildman–Crippen LogP) is 4.47. The van der Waals surface area contributed by atoms with Crippen molar-refractivity contribution in [1.29, 1.82) is 0 Å². The Morgan fingerprint density at radius 1 is 1.06 bits per heavy atom. The van der Waals surface area contributed by atoms with Crippen LogP contribution in [-0.4, -0.2) is 29.7 Å². The van der Waals surface area contributed by atoms with Gasteiger partial charge in [-0.25, -0.2) is 5.43 Å². The lowest BCUT2D eigenvalue weighted by Crippen LogP contribution is -2.32. The van der Waals surface area contributed by atoms with Gasteiger partial charge in [0.05, 0.1) is 12.8 Å². The maximum absolute atomic E-state index is 12.8. The molecular weight excluding hydrogens is 486 g/mol. The summed E-state index contributed by atoms with van der Waals surface area (Å²) in [6.07, 6.45) is 2.84. The van der Waals surface area contributed by atoms with Gasteiger partial charge in [-0.2, -0.15) is 5.10 Å². The largest absolute Gasteiger partial charge is 0.504 e. The summed E-state index contributed by atoms with van der Waals surface area (Å²) in [4.78, 5) is 25.4. The molecule has 7 nitrogen and oxygen atoms in total. The summed E-state index contributed by atoms with van der Waals surface area (Å²) in [6.45, 7) is 2.19. The molecular formula is C25H22BrN3O4. The van der Waals surface area contributed by atoms with E-state index in [0.29, 0.717) is 28.0 Å². The summed E-state index contributed by atoms with van der Waals surface area (Å²) in [5.74, 6) is -0.864. The molecule has 168 valence electrons. The molecule has 33 heavy (non-hydrogen) atoms. The molecule has 2 amide bonds. The molecule has 0 saturated carbocycles. The lowest BCUT2D eigenvalue weighted by molar-refractivity contribution is -0.117. The number of halogens is 1. The molecule has 0 saturated heterocycles. The maximum atomic E-state index is 12.8. The monoisotopic (exact) mass is 507 g/mol. The molecule has 0 fully saturated rings. The van der Waals surface area contributed by atoms with Crippen molar-refractivity contribution in [3.05, 3.63) is 99.7 Å². The number of aromatic hydroxyl groups is 1. The third-order valence-corrected chi connectivity index (χ3v) is 4.84. The Hall–Kier alpha value is -3.91. The van der Waals surface area contributed by atoms with Crippen LogP contribution in [-0.2, 0) is 4.79 Å². The standard InChI is InChI=1S/C25H22BrN3O4/c1-2-33-22-15-20(26)14-19(23(22)30)16-27-29-25(32)21(13-17-9-5-3-6-10-17)28-24(31)18-11-7-4-8-12-18/h3-16,30H,2H2,1H3,(H,28,31)(H,29,32)/b21-13-,27-16+. The number of benzene rings is 3. The zero-order chi connectivity index (χ0) is 23.6. The van der Waals surface area contributed by atoms with Crippen molar-refractivity contribution < 1.29 is 19.4 Å². The molecule has 0 aliphatic heterocycles. The van der Waals surface area contributed by atoms with E-state index in [4.69, 9.17) is 4.74 Å². The van der Waals surface area contributed by atoms with Gasteiger partial charge in [-0.3, -0.25) is 9.59 Å². The van der Waals surface area contributed by atoms with Gasteiger partial charge in [0, 0.05) is 15.6 Å². The number of phenolic OH excluding ortho intramolecular Hbond substituents is 1. The molecule has 0 unspecified atom stereocenters. The van der Waals surface area contributed by atoms with E-state index in [2.05, 4.69) is 31.8 Å². The summed E-state index contributed by atoms with van der Waals surface area (Å²) in [7, 11) is 0. The molecule has 0 aromatic heterocycles. The second-order valence-electron chi connectivity index (χ2n) is 6.76. The van der Waals surface area contributed by atoms with Crippen LogP contribution < -0.4 is 15.5 Å². The van der Waals surface area contributed by atoms with Crippen molar-refractivity contribution >= 4 is 40.0 Å². The molecule has 3 aromatic rings. The van der Waals surface area contributed by atoms with Crippen LogP contribution in [0.5, 0.6) is 11.5 Å². The van der Waals surface area contributed by atoms with Gasteiger partial charge in [0.1, 0.15) is 5.70 Å². The third kappa shape index (κ3) is 6.78. The summed E-state index contributed by atoms with van der Waals surface area (Å²) in [5.41, 5.74) is 3.88. The van der Waals surface area contributed by atoms with Gasteiger partial charge in [0.2, 0.25) is 0 Å². The van der Waals surface area contributed by atoms with Crippen molar-refractivity contribution in [2.75, 3.05) is 6.61 Å². The van der Waals surface area contributed by atoms with Gasteiger partial charge in [-0.1, -0.05) is 64.5 Å². The predicted molar refractivity (Wildman–Crippen MR) is 131 cm³/mol. The van der Waals surface area contributed by atoms with Crippen molar-refractivity contribution in [1.82, 2.24) is 10.7 Å². The molecule has 0 heterocycles. The Morgan fingerprint density at radius 2 is 1.73 bits per heavy atom. The van der Waals surface area contributed by atoms with Crippen LogP contribution in [0.3, 0.4) is 0 Å². The van der Waals surface area contributed by atoms with Crippen LogP contribution in [0.1, 0.15) is 28.4 Å². The molecule has 0 spiro atoms. The Balaban J connectivity index is 1.81. The Kier molecular flexibility index (Phi) is 8.37. The van der Waals surface area contributed by atoms with Gasteiger partial charge in [0.15, 0.2) is 11.5 Å². The van der Waals surface area contributed by atoms with Crippen LogP contribution in [0.15, 0.2) is 88.1 Å². The molecule has 8 heteroatoms. The molecule has 0 bridgehead atoms. The number of hydrogen-bond donors (Lipinski definition) is 3. The van der Waals surface area contributed by atoms with Crippen LogP contribution >= 0.6 is 15.9 Å². The number of carbonyl (C=O) groups excluding carboxylic acids is 2. The average Bonchev–Trinajstić information content (AvgIpc) is 2.82. The number of nitrogens with one attached hydrogen (secondary N) is 2. The summed E-state index contributed by atoms with van der Waals surface area (Å²) in [5, 5.41) is 16.9. The highest BCUT2D eigenvalue weighted by Gasteiger charge is 2.15. The third-order valence-electron chi connectivity index (χ3n) is 4.38. The zero-order valence-corrected chi connectivity index (χ0v) is 19.4. The van der Waals surface area contributed by atoms with Gasteiger partial charge in [-0.05, 0) is 42.8 Å². The number of ether oxygens (including phenoxy) is 1. The fourth-order valence-electron chi connectivity index (χ4n) is 2.84. The van der Waals surface area contributed by atoms with Crippen LogP contribution in [0.25, 0.3) is 6.08 Å². The number of phenols is 1. The highest BCUT2D eigenvalue weighted by atomic mass is 79.9. The first kappa shape index (κ1) is 23.7. The minimum absolute atomic E-state index is 0.0145. The van der Waals surface area contributed by atoms with Crippen molar-refractivity contribution in [3.63, 3.8) is 0 Å². The first-order valence-corrected chi connectivity index (χ1v) is 10.9. The van der Waals surface area contributed by atoms with E-state index in [1.54, 1.807) is 67.6 Å². The first-order valence-electron chi connectivity index (χ1n) is 10.1. The number of rotatable bonds is 8. The topological polar surface area (TPSA) is 100 Å². The Labute approximate surface area is 199 Å². The smallest absolute Gasteiger partial charge is 0.287 e. The highest BCUT2D eigenvalue weighted by molar-refractivity contribution is 9.10. The molecule has 3 rings (SSSR count). The van der Waals surface area contributed by atoms with Crippen LogP contribution in [0.2, 0.25) is 0 Å². The summed E-state index contributed by atoms with van der Waals surface area (Å²) >= 11 is 3.35. The average molecular weight is 508 g/mol. The second kappa shape index (κ2) is 11.6. The highest BCUT2D eigenvalue weighted by Crippen LogP contribution is 2.32. The SMILES string of the molecule is CCOc1cc(Br)cc(/C=N/NC(=O)/C(=C/c2ccccc2)NC(=O)c2ccccc2)c1O. The summed E-state index contributed by atoms with van der Waals surface area (Å²) in [6, 6.07) is 20.9. The van der Waals surface area contributed by atoms with Gasteiger partial charge in [-0.15, -0.1) is 0 Å². The van der Waals surface area contributed by atoms with Gasteiger partial charge in [0.25, 0.3) is 11.8 Å². The lowest BCUT2D eigenvalue weighted by Gasteiger charge is -2.10. The molecule has 0 aliphatic carbocycles. The molecule has 0 aliphatic rings. The molecule has 0 atom stereocenters.